The van der Waals surface area contributed by atoms with Gasteiger partial charge in [0.25, 0.3) is 0 Å². The van der Waals surface area contributed by atoms with Gasteiger partial charge in [-0.3, -0.25) is 19.3 Å². The summed E-state index contributed by atoms with van der Waals surface area (Å²) in [6, 6.07) is 21.5. The number of hydrogen-bond acceptors (Lipinski definition) is 6. The average Bonchev–Trinajstić information content (AvgIpc) is 2.96. The van der Waals surface area contributed by atoms with Crippen LogP contribution in [0.3, 0.4) is 0 Å². The minimum Gasteiger partial charge on any atom is -0.466 e. The Morgan fingerprint density at radius 1 is 0.791 bits per heavy atom. The number of rotatable bonds is 12. The first kappa shape index (κ1) is 33.1. The van der Waals surface area contributed by atoms with Crippen molar-refractivity contribution >= 4 is 34.6 Å². The van der Waals surface area contributed by atoms with Gasteiger partial charge < -0.3 is 19.7 Å². The number of carbonyl (C=O) groups is 4. The van der Waals surface area contributed by atoms with E-state index in [9.17, 15) is 19.2 Å². The van der Waals surface area contributed by atoms with E-state index in [1.54, 1.807) is 34.9 Å². The zero-order valence-corrected chi connectivity index (χ0v) is 26.0. The lowest BCUT2D eigenvalue weighted by atomic mass is 9.98. The lowest BCUT2D eigenvalue weighted by Crippen LogP contribution is -2.56. The van der Waals surface area contributed by atoms with Gasteiger partial charge in [0.1, 0.15) is 17.7 Å². The van der Waals surface area contributed by atoms with Crippen molar-refractivity contribution in [1.29, 1.82) is 0 Å². The second kappa shape index (κ2) is 15.2. The lowest BCUT2D eigenvalue weighted by Gasteiger charge is -2.35. The first-order valence-electron chi connectivity index (χ1n) is 14.5. The second-order valence-electron chi connectivity index (χ2n) is 11.6. The quantitative estimate of drug-likeness (QED) is 0.241. The number of likely N-dealkylation sites (N-methyl/N-ethyl adjacent to an activating group) is 2. The topological polar surface area (TPSA) is 105 Å². The molecule has 1 N–H and O–H groups in total. The number of carbonyl (C=O) groups excluding carboxylic acids is 4. The standard InChI is InChI=1S/C34H43N3O6/c1-24(38)42-20-12-19-35-31(39)29(22-25-13-8-7-9-14-25)36(5)32(40)30(37(6)33(41)43-34(2,3)4)23-26-17-18-27-15-10-11-16-28(27)21-26/h7-11,13-18,21,29-30H,12,19-20,22-23H2,1-6H3,(H,35,39). The van der Waals surface area contributed by atoms with Crippen LogP contribution in [-0.2, 0) is 36.7 Å². The zero-order chi connectivity index (χ0) is 31.6. The highest BCUT2D eigenvalue weighted by atomic mass is 16.6. The molecule has 0 saturated carbocycles. The number of nitrogens with zero attached hydrogens (tertiary/aromatic N) is 2. The first-order valence-corrected chi connectivity index (χ1v) is 14.5. The van der Waals surface area contributed by atoms with Gasteiger partial charge in [0, 0.05) is 40.4 Å². The lowest BCUT2D eigenvalue weighted by molar-refractivity contribution is -0.143. The van der Waals surface area contributed by atoms with Gasteiger partial charge in [-0.05, 0) is 49.1 Å². The van der Waals surface area contributed by atoms with Crippen LogP contribution in [0.1, 0.15) is 45.2 Å². The monoisotopic (exact) mass is 589 g/mol. The smallest absolute Gasteiger partial charge is 0.410 e. The Labute approximate surface area is 254 Å². The van der Waals surface area contributed by atoms with Gasteiger partial charge in [-0.15, -0.1) is 0 Å². The summed E-state index contributed by atoms with van der Waals surface area (Å²) in [6.45, 7) is 7.10. The van der Waals surface area contributed by atoms with Crippen molar-refractivity contribution in [1.82, 2.24) is 15.1 Å². The molecule has 0 radical (unpaired) electrons. The molecule has 230 valence electrons. The van der Waals surface area contributed by atoms with Crippen LogP contribution >= 0.6 is 0 Å². The van der Waals surface area contributed by atoms with Gasteiger partial charge in [-0.25, -0.2) is 4.79 Å². The number of ether oxygens (including phenoxy) is 2. The predicted molar refractivity (Wildman–Crippen MR) is 166 cm³/mol. The van der Waals surface area contributed by atoms with Crippen molar-refractivity contribution in [2.24, 2.45) is 0 Å². The van der Waals surface area contributed by atoms with Crippen LogP contribution < -0.4 is 5.32 Å². The molecule has 3 rings (SSSR count). The van der Waals surface area contributed by atoms with Crippen molar-refractivity contribution < 1.29 is 28.7 Å². The number of fused-ring (bicyclic) bond motifs is 1. The maximum atomic E-state index is 14.2. The summed E-state index contributed by atoms with van der Waals surface area (Å²) in [5, 5.41) is 4.97. The van der Waals surface area contributed by atoms with E-state index in [1.807, 2.05) is 72.8 Å². The first-order chi connectivity index (χ1) is 20.4. The van der Waals surface area contributed by atoms with E-state index in [0.29, 0.717) is 6.42 Å². The molecule has 2 atom stereocenters. The van der Waals surface area contributed by atoms with E-state index in [4.69, 9.17) is 9.47 Å². The fourth-order valence-corrected chi connectivity index (χ4v) is 4.69. The van der Waals surface area contributed by atoms with Gasteiger partial charge in [0.2, 0.25) is 11.8 Å². The second-order valence-corrected chi connectivity index (χ2v) is 11.6. The largest absolute Gasteiger partial charge is 0.466 e. The third-order valence-electron chi connectivity index (χ3n) is 6.99. The molecule has 9 heteroatoms. The Balaban J connectivity index is 1.90. The van der Waals surface area contributed by atoms with Gasteiger partial charge in [0.05, 0.1) is 6.61 Å². The van der Waals surface area contributed by atoms with E-state index in [2.05, 4.69) is 5.32 Å². The maximum absolute atomic E-state index is 14.2. The molecule has 3 aromatic rings. The Bertz CT molecular complexity index is 1400. The SMILES string of the molecule is CC(=O)OCCCNC(=O)C(Cc1ccccc1)N(C)C(=O)C(Cc1ccc2ccccc2c1)N(C)C(=O)OC(C)(C)C. The number of hydrogen-bond donors (Lipinski definition) is 1. The number of nitrogens with one attached hydrogen (secondary N) is 1. The third-order valence-corrected chi connectivity index (χ3v) is 6.99. The molecule has 0 aliphatic carbocycles. The van der Waals surface area contributed by atoms with Crippen molar-refractivity contribution in [3.05, 3.63) is 83.9 Å². The Morgan fingerprint density at radius 2 is 1.42 bits per heavy atom. The summed E-state index contributed by atoms with van der Waals surface area (Å²) in [7, 11) is 3.14. The van der Waals surface area contributed by atoms with Crippen LogP contribution in [0.2, 0.25) is 0 Å². The van der Waals surface area contributed by atoms with E-state index < -0.39 is 29.7 Å². The summed E-state index contributed by atoms with van der Waals surface area (Å²) >= 11 is 0. The van der Waals surface area contributed by atoms with Gasteiger partial charge in [-0.1, -0.05) is 72.8 Å². The molecule has 0 aliphatic rings. The van der Waals surface area contributed by atoms with E-state index in [-0.39, 0.29) is 37.9 Å². The minimum atomic E-state index is -0.934. The number of amides is 3. The van der Waals surface area contributed by atoms with Gasteiger partial charge >= 0.3 is 12.1 Å². The highest BCUT2D eigenvalue weighted by Gasteiger charge is 2.36. The summed E-state index contributed by atoms with van der Waals surface area (Å²) in [4.78, 5) is 54.7. The third kappa shape index (κ3) is 10.1. The van der Waals surface area contributed by atoms with Crippen LogP contribution in [0.25, 0.3) is 10.8 Å². The molecule has 0 heterocycles. The Kier molecular flexibility index (Phi) is 11.7. The molecule has 43 heavy (non-hydrogen) atoms. The van der Waals surface area contributed by atoms with Crippen molar-refractivity contribution in [3.8, 4) is 0 Å². The summed E-state index contributed by atoms with van der Waals surface area (Å²) in [5.41, 5.74) is 1.000. The van der Waals surface area contributed by atoms with Gasteiger partial charge in [-0.2, -0.15) is 0 Å². The predicted octanol–water partition coefficient (Wildman–Crippen LogP) is 4.76. The van der Waals surface area contributed by atoms with Crippen LogP contribution in [0.15, 0.2) is 72.8 Å². The molecule has 0 aromatic heterocycles. The van der Waals surface area contributed by atoms with Crippen molar-refractivity contribution in [2.45, 2.75) is 64.6 Å². The van der Waals surface area contributed by atoms with E-state index in [1.165, 1.54) is 16.7 Å². The molecule has 0 saturated heterocycles. The molecule has 0 bridgehead atoms. The zero-order valence-electron chi connectivity index (χ0n) is 26.0. The Hall–Kier alpha value is -4.40. The van der Waals surface area contributed by atoms with Crippen molar-refractivity contribution in [2.75, 3.05) is 27.2 Å². The molecule has 0 fully saturated rings. The molecule has 3 aromatic carbocycles. The molecule has 2 unspecified atom stereocenters. The fraction of sp³-hybridized carbons (Fsp3) is 0.412. The molecular weight excluding hydrogens is 546 g/mol. The summed E-state index contributed by atoms with van der Waals surface area (Å²) in [6.07, 6.45) is 0.311. The molecule has 0 spiro atoms. The van der Waals surface area contributed by atoms with Crippen LogP contribution in [-0.4, -0.2) is 78.6 Å². The highest BCUT2D eigenvalue weighted by molar-refractivity contribution is 5.92. The summed E-state index contributed by atoms with van der Waals surface area (Å²) in [5.74, 6) is -1.12. The van der Waals surface area contributed by atoms with Crippen LogP contribution in [0.5, 0.6) is 0 Å². The average molecular weight is 590 g/mol. The normalized spacial score (nSPS) is 12.6. The van der Waals surface area contributed by atoms with E-state index in [0.717, 1.165) is 21.9 Å². The number of esters is 1. The molecule has 9 nitrogen and oxygen atoms in total. The maximum Gasteiger partial charge on any atom is 0.410 e. The fourth-order valence-electron chi connectivity index (χ4n) is 4.69. The molecular formula is C34H43N3O6. The Morgan fingerprint density at radius 3 is 2.07 bits per heavy atom. The molecule has 0 aliphatic heterocycles. The minimum absolute atomic E-state index is 0.183. The highest BCUT2D eigenvalue weighted by Crippen LogP contribution is 2.21. The van der Waals surface area contributed by atoms with E-state index >= 15 is 0 Å². The summed E-state index contributed by atoms with van der Waals surface area (Å²) < 4.78 is 10.6. The van der Waals surface area contributed by atoms with Crippen molar-refractivity contribution in [3.63, 3.8) is 0 Å². The van der Waals surface area contributed by atoms with Crippen LogP contribution in [0.4, 0.5) is 4.79 Å². The van der Waals surface area contributed by atoms with Crippen LogP contribution in [0, 0.1) is 0 Å². The molecule has 3 amide bonds. The number of benzene rings is 3. The van der Waals surface area contributed by atoms with Gasteiger partial charge in [0.15, 0.2) is 0 Å².